The zero-order valence-corrected chi connectivity index (χ0v) is 22.0. The number of fused-ring (bicyclic) bond motifs is 5. The number of carboxylic acid groups (broad SMARTS) is 1. The summed E-state index contributed by atoms with van der Waals surface area (Å²) >= 11 is 0. The minimum Gasteiger partial charge on any atom is -0.481 e. The van der Waals surface area contributed by atoms with E-state index in [0.29, 0.717) is 36.0 Å². The lowest BCUT2D eigenvalue weighted by molar-refractivity contribution is -0.193. The number of nitrogens with one attached hydrogen (secondary N) is 1. The van der Waals surface area contributed by atoms with Gasteiger partial charge >= 0.3 is 5.97 Å². The van der Waals surface area contributed by atoms with Gasteiger partial charge in [-0.15, -0.1) is 0 Å². The zero-order valence-electron chi connectivity index (χ0n) is 21.1. The molecule has 4 rings (SSSR count). The Balaban J connectivity index is 1.44. The van der Waals surface area contributed by atoms with Crippen LogP contribution in [-0.4, -0.2) is 37.3 Å². The van der Waals surface area contributed by atoms with Gasteiger partial charge in [-0.3, -0.25) is 9.59 Å². The van der Waals surface area contributed by atoms with Crippen LogP contribution in [0.5, 0.6) is 0 Å². The van der Waals surface area contributed by atoms with E-state index >= 15 is 0 Å². The fourth-order valence-electron chi connectivity index (χ4n) is 9.59. The van der Waals surface area contributed by atoms with Gasteiger partial charge in [-0.05, 0) is 98.2 Å². The number of hydrogen-bond donors (Lipinski definition) is 2. The summed E-state index contributed by atoms with van der Waals surface area (Å²) in [6.45, 7) is 7.16. The van der Waals surface area contributed by atoms with Crippen molar-refractivity contribution in [2.45, 2.75) is 97.8 Å². The van der Waals surface area contributed by atoms with E-state index in [4.69, 9.17) is 0 Å². The van der Waals surface area contributed by atoms with Crippen molar-refractivity contribution >= 4 is 27.5 Å². The minimum absolute atomic E-state index is 0.0617. The van der Waals surface area contributed by atoms with Crippen LogP contribution in [0.2, 0.25) is 0 Å². The van der Waals surface area contributed by atoms with Gasteiger partial charge in [-0.1, -0.05) is 33.6 Å². The lowest BCUT2D eigenvalue weighted by Crippen LogP contribution is -2.60. The number of carbonyl (C=O) groups is 2. The smallest absolute Gasteiger partial charge is 0.310 e. The Hall–Kier alpha value is -1.37. The molecule has 7 heteroatoms. The topological polar surface area (TPSA) is 101 Å². The number of carbonyl (C=O) groups excluding carboxylic acids is 1. The predicted molar refractivity (Wildman–Crippen MR) is 133 cm³/mol. The van der Waals surface area contributed by atoms with Gasteiger partial charge in [-0.25, -0.2) is 0 Å². The average molecular weight is 494 g/mol. The summed E-state index contributed by atoms with van der Waals surface area (Å²) in [6, 6.07) is 0. The molecule has 0 saturated heterocycles. The molecule has 8 atom stereocenters. The monoisotopic (exact) mass is 493 g/mol. The third-order valence-corrected chi connectivity index (χ3v) is 11.8. The lowest BCUT2D eigenvalue weighted by atomic mass is 9.40. The van der Waals surface area contributed by atoms with E-state index in [9.17, 15) is 23.1 Å². The molecule has 1 unspecified atom stereocenters. The Labute approximate surface area is 206 Å². The van der Waals surface area contributed by atoms with Crippen molar-refractivity contribution in [1.29, 1.82) is 0 Å². The van der Waals surface area contributed by atoms with Crippen molar-refractivity contribution < 1.29 is 23.1 Å². The summed E-state index contributed by atoms with van der Waals surface area (Å²) in [4.78, 5) is 24.8. The SMILES string of the molecule is C[C@H](CCC(=O)NCC=S(=O)=O)[C@H]1CC[C@H]2[C@@H]3CCC4(C(=O)O)CCCC[C@]4(C)[C@H]3CC[C@]12C. The van der Waals surface area contributed by atoms with Crippen LogP contribution in [0.3, 0.4) is 0 Å². The van der Waals surface area contributed by atoms with Gasteiger partial charge in [0.05, 0.1) is 17.3 Å². The maximum atomic E-state index is 12.6. The summed E-state index contributed by atoms with van der Waals surface area (Å²) < 4.78 is 21.2. The van der Waals surface area contributed by atoms with Crippen LogP contribution < -0.4 is 5.32 Å². The Morgan fingerprint density at radius 2 is 1.76 bits per heavy atom. The molecule has 0 aliphatic heterocycles. The first-order valence-electron chi connectivity index (χ1n) is 13.5. The minimum atomic E-state index is -2.24. The third kappa shape index (κ3) is 4.14. The molecule has 0 aromatic carbocycles. The molecule has 34 heavy (non-hydrogen) atoms. The molecule has 4 fully saturated rings. The van der Waals surface area contributed by atoms with Gasteiger partial charge in [0, 0.05) is 6.42 Å². The molecule has 0 bridgehead atoms. The van der Waals surface area contributed by atoms with E-state index in [0.717, 1.165) is 50.3 Å². The number of rotatable bonds is 7. The van der Waals surface area contributed by atoms with Gasteiger partial charge in [0.1, 0.15) is 0 Å². The van der Waals surface area contributed by atoms with Gasteiger partial charge in [0.15, 0.2) is 0 Å². The first-order chi connectivity index (χ1) is 16.0. The second-order valence-corrected chi connectivity index (χ2v) is 13.3. The highest BCUT2D eigenvalue weighted by molar-refractivity contribution is 7.71. The molecule has 6 nitrogen and oxygen atoms in total. The molecule has 4 aliphatic rings. The Morgan fingerprint density at radius 1 is 1.03 bits per heavy atom. The summed E-state index contributed by atoms with van der Waals surface area (Å²) in [5.41, 5.74) is -0.318. The number of carboxylic acids is 1. The fraction of sp³-hybridized carbons (Fsp3) is 0.889. The molecule has 192 valence electrons. The highest BCUT2D eigenvalue weighted by Gasteiger charge is 2.66. The molecule has 2 N–H and O–H groups in total. The lowest BCUT2D eigenvalue weighted by Gasteiger charge is -2.64. The third-order valence-electron chi connectivity index (χ3n) is 11.3. The van der Waals surface area contributed by atoms with Crippen molar-refractivity contribution in [3.63, 3.8) is 0 Å². The van der Waals surface area contributed by atoms with Gasteiger partial charge in [0.25, 0.3) is 0 Å². The fourth-order valence-corrected chi connectivity index (χ4v) is 9.81. The quantitative estimate of drug-likeness (QED) is 0.501. The van der Waals surface area contributed by atoms with Crippen molar-refractivity contribution in [1.82, 2.24) is 5.32 Å². The molecular weight excluding hydrogens is 450 g/mol. The Morgan fingerprint density at radius 3 is 2.47 bits per heavy atom. The normalized spacial score (nSPS) is 42.0. The van der Waals surface area contributed by atoms with E-state index in [1.807, 2.05) is 0 Å². The van der Waals surface area contributed by atoms with E-state index < -0.39 is 21.7 Å². The second-order valence-electron chi connectivity index (χ2n) is 12.4. The molecule has 4 aliphatic carbocycles. The Bertz CT molecular complexity index is 939. The van der Waals surface area contributed by atoms with Crippen molar-refractivity contribution in [3.05, 3.63) is 0 Å². The highest BCUT2D eigenvalue weighted by atomic mass is 32.2. The van der Waals surface area contributed by atoms with E-state index in [2.05, 4.69) is 26.1 Å². The summed E-state index contributed by atoms with van der Waals surface area (Å²) in [5, 5.41) is 14.1. The molecule has 4 saturated carbocycles. The zero-order chi connectivity index (χ0) is 24.7. The number of aliphatic carboxylic acids is 1. The van der Waals surface area contributed by atoms with Crippen LogP contribution in [0.15, 0.2) is 0 Å². The maximum absolute atomic E-state index is 12.6. The van der Waals surface area contributed by atoms with Crippen molar-refractivity contribution in [2.75, 3.05) is 6.54 Å². The van der Waals surface area contributed by atoms with Gasteiger partial charge in [-0.2, -0.15) is 8.42 Å². The van der Waals surface area contributed by atoms with Crippen LogP contribution in [0, 0.1) is 45.8 Å². The maximum Gasteiger partial charge on any atom is 0.310 e. The average Bonchev–Trinajstić information content (AvgIpc) is 3.14. The molecule has 0 heterocycles. The van der Waals surface area contributed by atoms with Crippen molar-refractivity contribution in [3.8, 4) is 0 Å². The van der Waals surface area contributed by atoms with E-state index in [-0.39, 0.29) is 23.3 Å². The first kappa shape index (κ1) is 25.7. The molecule has 0 radical (unpaired) electrons. The first-order valence-corrected chi connectivity index (χ1v) is 14.6. The summed E-state index contributed by atoms with van der Waals surface area (Å²) in [6.07, 6.45) is 12.1. The van der Waals surface area contributed by atoms with Crippen LogP contribution in [0.4, 0.5) is 0 Å². The van der Waals surface area contributed by atoms with Crippen LogP contribution in [0.1, 0.15) is 97.8 Å². The van der Waals surface area contributed by atoms with Gasteiger partial charge < -0.3 is 10.4 Å². The summed E-state index contributed by atoms with van der Waals surface area (Å²) in [5.74, 6) is 2.24. The van der Waals surface area contributed by atoms with Crippen molar-refractivity contribution in [2.24, 2.45) is 45.8 Å². The van der Waals surface area contributed by atoms with E-state index in [1.165, 1.54) is 25.7 Å². The molecular formula is C27H43NO5S. The molecule has 0 aromatic rings. The second kappa shape index (κ2) is 9.59. The Kier molecular flexibility index (Phi) is 7.25. The van der Waals surface area contributed by atoms with E-state index in [1.54, 1.807) is 0 Å². The number of hydrogen-bond acceptors (Lipinski definition) is 4. The molecule has 1 amide bonds. The largest absolute Gasteiger partial charge is 0.481 e. The standard InChI is InChI=1S/C27H43NO5S/c1-18(6-9-23(29)28-16-17-34(32)33)20-7-8-21-19-10-15-27(24(30)31)13-5-4-12-26(27,3)22(19)11-14-25(20,21)2/h17-22H,4-16H2,1-3H3,(H,28,29)(H,30,31)/t18-,19+,20-,21+,22+,25-,26-,27?/m1/s1. The molecule has 0 aromatic heterocycles. The molecule has 0 spiro atoms. The van der Waals surface area contributed by atoms with Crippen LogP contribution in [-0.2, 0) is 19.9 Å². The van der Waals surface area contributed by atoms with Crippen LogP contribution in [0.25, 0.3) is 0 Å². The van der Waals surface area contributed by atoms with Crippen LogP contribution >= 0.6 is 0 Å². The van der Waals surface area contributed by atoms with Gasteiger partial charge in [0.2, 0.25) is 16.2 Å². The highest BCUT2D eigenvalue weighted by Crippen LogP contribution is 2.71. The predicted octanol–water partition coefficient (Wildman–Crippen LogP) is 4.70. The summed E-state index contributed by atoms with van der Waals surface area (Å²) in [7, 11) is -2.24. The number of amides is 1.